The van der Waals surface area contributed by atoms with E-state index in [9.17, 15) is 13.2 Å². The molecule has 1 aliphatic heterocycles. The van der Waals surface area contributed by atoms with Crippen molar-refractivity contribution in [2.75, 3.05) is 19.6 Å². The molecule has 0 unspecified atom stereocenters. The first-order chi connectivity index (χ1) is 14.5. The minimum atomic E-state index is -3.68. The Kier molecular flexibility index (Phi) is 6.13. The monoisotopic (exact) mass is 445 g/mol. The first-order valence-corrected chi connectivity index (χ1v) is 11.9. The molecule has 3 aromatic rings. The van der Waals surface area contributed by atoms with Crippen LogP contribution < -0.4 is 5.32 Å². The summed E-state index contributed by atoms with van der Waals surface area (Å²) in [5.74, 6) is -0.304. The van der Waals surface area contributed by atoms with Gasteiger partial charge in [-0.05, 0) is 55.0 Å². The van der Waals surface area contributed by atoms with Crippen LogP contribution in [-0.2, 0) is 16.6 Å². The molecule has 30 heavy (non-hydrogen) atoms. The number of carbonyl (C=O) groups is 1. The molecule has 1 amide bonds. The van der Waals surface area contributed by atoms with Crippen LogP contribution in [0.4, 0.5) is 0 Å². The Morgan fingerprint density at radius 3 is 2.63 bits per heavy atom. The molecule has 6 nitrogen and oxygen atoms in total. The van der Waals surface area contributed by atoms with E-state index in [-0.39, 0.29) is 15.8 Å². The second kappa shape index (κ2) is 8.79. The Balaban J connectivity index is 1.39. The van der Waals surface area contributed by atoms with Gasteiger partial charge in [-0.3, -0.25) is 4.79 Å². The average molecular weight is 446 g/mol. The Bertz CT molecular complexity index is 1170. The summed E-state index contributed by atoms with van der Waals surface area (Å²) in [7, 11) is -3.68. The van der Waals surface area contributed by atoms with Crippen molar-refractivity contribution >= 4 is 38.4 Å². The number of amides is 1. The number of halogens is 1. The third-order valence-electron chi connectivity index (χ3n) is 5.42. The van der Waals surface area contributed by atoms with E-state index in [2.05, 4.69) is 28.1 Å². The van der Waals surface area contributed by atoms with Crippen LogP contribution in [0, 0.1) is 0 Å². The first kappa shape index (κ1) is 20.9. The highest BCUT2D eigenvalue weighted by molar-refractivity contribution is 7.89. The van der Waals surface area contributed by atoms with Crippen molar-refractivity contribution in [2.24, 2.45) is 0 Å². The SMILES string of the molecule is O=C(NCCCn1ccc2ccccc21)c1ccc(Cl)c(S(=O)(=O)N2CCCC2)c1. The van der Waals surface area contributed by atoms with Crippen LogP contribution >= 0.6 is 11.6 Å². The number of carbonyl (C=O) groups excluding carboxylic acids is 1. The maximum atomic E-state index is 12.8. The van der Waals surface area contributed by atoms with E-state index in [1.54, 1.807) is 6.07 Å². The molecule has 0 radical (unpaired) electrons. The lowest BCUT2D eigenvalue weighted by Gasteiger charge is -2.17. The van der Waals surface area contributed by atoms with E-state index in [0.717, 1.165) is 25.8 Å². The highest BCUT2D eigenvalue weighted by atomic mass is 35.5. The lowest BCUT2D eigenvalue weighted by Crippen LogP contribution is -2.29. The molecule has 0 saturated carbocycles. The normalized spacial score (nSPS) is 15.0. The van der Waals surface area contributed by atoms with Gasteiger partial charge in [0.2, 0.25) is 10.0 Å². The Labute approximate surface area is 181 Å². The second-order valence-electron chi connectivity index (χ2n) is 7.43. The van der Waals surface area contributed by atoms with Crippen LogP contribution in [0.25, 0.3) is 10.9 Å². The molecule has 1 N–H and O–H groups in total. The summed E-state index contributed by atoms with van der Waals surface area (Å²) >= 11 is 6.16. The van der Waals surface area contributed by atoms with Crippen molar-refractivity contribution in [3.05, 3.63) is 65.3 Å². The topological polar surface area (TPSA) is 71.4 Å². The number of nitrogens with one attached hydrogen (secondary N) is 1. The average Bonchev–Trinajstić information content (AvgIpc) is 3.42. The van der Waals surface area contributed by atoms with E-state index < -0.39 is 10.0 Å². The zero-order chi connectivity index (χ0) is 21.1. The predicted octanol–water partition coefficient (Wildman–Crippen LogP) is 3.90. The lowest BCUT2D eigenvalue weighted by molar-refractivity contribution is 0.0952. The van der Waals surface area contributed by atoms with Crippen LogP contribution in [0.3, 0.4) is 0 Å². The van der Waals surface area contributed by atoms with Gasteiger partial charge < -0.3 is 9.88 Å². The molecule has 4 rings (SSSR count). The molecule has 1 saturated heterocycles. The number of para-hydroxylation sites is 1. The van der Waals surface area contributed by atoms with Crippen molar-refractivity contribution in [3.63, 3.8) is 0 Å². The van der Waals surface area contributed by atoms with Gasteiger partial charge in [-0.25, -0.2) is 8.42 Å². The number of fused-ring (bicyclic) bond motifs is 1. The van der Waals surface area contributed by atoms with Gasteiger partial charge in [0.25, 0.3) is 5.91 Å². The van der Waals surface area contributed by atoms with Crippen LogP contribution in [0.5, 0.6) is 0 Å². The van der Waals surface area contributed by atoms with Crippen molar-refractivity contribution < 1.29 is 13.2 Å². The molecule has 0 spiro atoms. The van der Waals surface area contributed by atoms with E-state index >= 15 is 0 Å². The molecule has 8 heteroatoms. The fraction of sp³-hybridized carbons (Fsp3) is 0.318. The largest absolute Gasteiger partial charge is 0.352 e. The summed E-state index contributed by atoms with van der Waals surface area (Å²) in [5, 5.41) is 4.20. The fourth-order valence-electron chi connectivity index (χ4n) is 3.80. The van der Waals surface area contributed by atoms with Gasteiger partial charge in [0.05, 0.1) is 5.02 Å². The van der Waals surface area contributed by atoms with Crippen molar-refractivity contribution in [3.8, 4) is 0 Å². The van der Waals surface area contributed by atoms with Gasteiger partial charge in [-0.1, -0.05) is 29.8 Å². The summed E-state index contributed by atoms with van der Waals surface area (Å²) < 4.78 is 29.3. The molecule has 2 heterocycles. The maximum absolute atomic E-state index is 12.8. The standard InChI is InChI=1S/C22H24ClN3O3S/c23-19-9-8-18(16-21(19)30(28,29)26-13-3-4-14-26)22(27)24-11-5-12-25-15-10-17-6-1-2-7-20(17)25/h1-2,6-10,15-16H,3-5,11-14H2,(H,24,27). The zero-order valence-electron chi connectivity index (χ0n) is 16.6. The predicted molar refractivity (Wildman–Crippen MR) is 118 cm³/mol. The first-order valence-electron chi connectivity index (χ1n) is 10.1. The highest BCUT2D eigenvalue weighted by Gasteiger charge is 2.29. The van der Waals surface area contributed by atoms with Crippen LogP contribution in [0.1, 0.15) is 29.6 Å². The van der Waals surface area contributed by atoms with Gasteiger partial charge in [0.1, 0.15) is 4.90 Å². The minimum Gasteiger partial charge on any atom is -0.352 e. The zero-order valence-corrected chi connectivity index (χ0v) is 18.1. The van der Waals surface area contributed by atoms with Crippen LogP contribution in [0.15, 0.2) is 59.6 Å². The number of aryl methyl sites for hydroxylation is 1. The number of sulfonamides is 1. The molecular weight excluding hydrogens is 422 g/mol. The molecule has 158 valence electrons. The van der Waals surface area contributed by atoms with E-state index in [4.69, 9.17) is 11.6 Å². The Hall–Kier alpha value is -2.35. The third-order valence-corrected chi connectivity index (χ3v) is 7.80. The summed E-state index contributed by atoms with van der Waals surface area (Å²) in [6.45, 7) is 2.25. The smallest absolute Gasteiger partial charge is 0.251 e. The maximum Gasteiger partial charge on any atom is 0.251 e. The van der Waals surface area contributed by atoms with Gasteiger partial charge in [-0.15, -0.1) is 0 Å². The van der Waals surface area contributed by atoms with Crippen molar-refractivity contribution in [1.82, 2.24) is 14.2 Å². The summed E-state index contributed by atoms with van der Waals surface area (Å²) in [4.78, 5) is 12.6. The van der Waals surface area contributed by atoms with Gasteiger partial charge >= 0.3 is 0 Å². The number of hydrogen-bond acceptors (Lipinski definition) is 3. The number of rotatable bonds is 7. The number of aromatic nitrogens is 1. The van der Waals surface area contributed by atoms with Gasteiger partial charge in [0.15, 0.2) is 0 Å². The molecule has 1 fully saturated rings. The Morgan fingerprint density at radius 1 is 1.07 bits per heavy atom. The lowest BCUT2D eigenvalue weighted by atomic mass is 10.2. The molecular formula is C22H24ClN3O3S. The quantitative estimate of drug-likeness (QED) is 0.560. The van der Waals surface area contributed by atoms with Crippen molar-refractivity contribution in [1.29, 1.82) is 0 Å². The molecule has 0 aliphatic carbocycles. The third kappa shape index (κ3) is 4.24. The van der Waals surface area contributed by atoms with E-state index in [1.807, 2.05) is 18.3 Å². The number of hydrogen-bond donors (Lipinski definition) is 1. The van der Waals surface area contributed by atoms with Crippen LogP contribution in [-0.4, -0.2) is 42.8 Å². The van der Waals surface area contributed by atoms with Crippen LogP contribution in [0.2, 0.25) is 5.02 Å². The molecule has 1 aliphatic rings. The van der Waals surface area contributed by atoms with Gasteiger partial charge in [-0.2, -0.15) is 4.31 Å². The molecule has 0 atom stereocenters. The summed E-state index contributed by atoms with van der Waals surface area (Å²) in [6.07, 6.45) is 4.49. The highest BCUT2D eigenvalue weighted by Crippen LogP contribution is 2.28. The summed E-state index contributed by atoms with van der Waals surface area (Å²) in [5.41, 5.74) is 1.46. The molecule has 1 aromatic heterocycles. The van der Waals surface area contributed by atoms with E-state index in [1.165, 1.54) is 27.3 Å². The van der Waals surface area contributed by atoms with Crippen molar-refractivity contribution in [2.45, 2.75) is 30.7 Å². The number of nitrogens with zero attached hydrogens (tertiary/aromatic N) is 2. The molecule has 0 bridgehead atoms. The summed E-state index contributed by atoms with van der Waals surface area (Å²) in [6, 6.07) is 14.7. The van der Waals surface area contributed by atoms with Gasteiger partial charge in [0, 0.05) is 43.5 Å². The Morgan fingerprint density at radius 2 is 1.83 bits per heavy atom. The number of benzene rings is 2. The fourth-order valence-corrected chi connectivity index (χ4v) is 5.82. The van der Waals surface area contributed by atoms with E-state index in [0.29, 0.717) is 25.2 Å². The minimum absolute atomic E-state index is 0.00229. The molecule has 2 aromatic carbocycles. The second-order valence-corrected chi connectivity index (χ2v) is 9.75.